The molecule has 0 spiro atoms. The van der Waals surface area contributed by atoms with Crippen LogP contribution in [0, 0.1) is 0 Å². The normalized spacial score (nSPS) is 10.9. The highest BCUT2D eigenvalue weighted by atomic mass is 35.5. The number of rotatable bonds is 4. The molecule has 0 aliphatic carbocycles. The summed E-state index contributed by atoms with van der Waals surface area (Å²) in [5.74, 6) is -1.04. The minimum Gasteiger partial charge on any atom is -0.493 e. The highest BCUT2D eigenvalue weighted by molar-refractivity contribution is 6.34. The second-order valence-electron chi connectivity index (χ2n) is 5.19. The van der Waals surface area contributed by atoms with Crippen molar-refractivity contribution in [3.8, 4) is 5.75 Å². The van der Waals surface area contributed by atoms with E-state index in [1.165, 1.54) is 12.1 Å². The van der Waals surface area contributed by atoms with Crippen LogP contribution in [0.3, 0.4) is 0 Å². The topological polar surface area (TPSA) is 84.9 Å². The van der Waals surface area contributed by atoms with Crippen LogP contribution in [0.25, 0.3) is 0 Å². The van der Waals surface area contributed by atoms with E-state index in [0.717, 1.165) is 0 Å². The van der Waals surface area contributed by atoms with Crippen LogP contribution in [0.15, 0.2) is 12.1 Å². The lowest BCUT2D eigenvalue weighted by Crippen LogP contribution is -2.27. The number of carbonyl (C=O) groups excluding carboxylic acids is 1. The largest absolute Gasteiger partial charge is 0.493 e. The van der Waals surface area contributed by atoms with Gasteiger partial charge in [0.05, 0.1) is 17.3 Å². The van der Waals surface area contributed by atoms with Crippen molar-refractivity contribution in [2.45, 2.75) is 33.3 Å². The predicted octanol–water partition coefficient (Wildman–Crippen LogP) is 3.78. The summed E-state index contributed by atoms with van der Waals surface area (Å²) in [6.07, 6.45) is -0.685. The number of aromatic carboxylic acids is 1. The van der Waals surface area contributed by atoms with Crippen LogP contribution >= 0.6 is 11.6 Å². The zero-order valence-electron chi connectivity index (χ0n) is 12.3. The van der Waals surface area contributed by atoms with Gasteiger partial charge in [-0.3, -0.25) is 5.32 Å². The van der Waals surface area contributed by atoms with Gasteiger partial charge in [0.1, 0.15) is 16.9 Å². The molecule has 0 saturated carbocycles. The molecule has 0 aromatic heterocycles. The minimum atomic E-state index is -1.16. The van der Waals surface area contributed by atoms with E-state index in [1.807, 2.05) is 0 Å². The molecule has 1 aromatic carbocycles. The summed E-state index contributed by atoms with van der Waals surface area (Å²) < 4.78 is 10.4. The Hall–Kier alpha value is -1.95. The van der Waals surface area contributed by atoms with Gasteiger partial charge in [-0.25, -0.2) is 9.59 Å². The Kier molecular flexibility index (Phi) is 5.43. The molecule has 7 heteroatoms. The average molecular weight is 316 g/mol. The van der Waals surface area contributed by atoms with Crippen molar-refractivity contribution >= 4 is 29.4 Å². The monoisotopic (exact) mass is 315 g/mol. The van der Waals surface area contributed by atoms with E-state index in [9.17, 15) is 9.59 Å². The minimum absolute atomic E-state index is 0.0726. The van der Waals surface area contributed by atoms with Crippen molar-refractivity contribution in [3.05, 3.63) is 22.7 Å². The quantitative estimate of drug-likeness (QED) is 0.883. The molecule has 0 aliphatic heterocycles. The Morgan fingerprint density at radius 1 is 1.33 bits per heavy atom. The molecule has 2 N–H and O–H groups in total. The first-order valence-corrected chi connectivity index (χ1v) is 6.71. The van der Waals surface area contributed by atoms with Gasteiger partial charge in [0.25, 0.3) is 0 Å². The van der Waals surface area contributed by atoms with Gasteiger partial charge in [0, 0.05) is 6.07 Å². The van der Waals surface area contributed by atoms with Crippen LogP contribution in [0.5, 0.6) is 5.75 Å². The summed E-state index contributed by atoms with van der Waals surface area (Å²) in [4.78, 5) is 22.8. The number of halogens is 1. The van der Waals surface area contributed by atoms with Crippen LogP contribution < -0.4 is 10.1 Å². The number of hydrogen-bond donors (Lipinski definition) is 2. The lowest BCUT2D eigenvalue weighted by Gasteiger charge is -2.20. The fourth-order valence-corrected chi connectivity index (χ4v) is 1.72. The predicted molar refractivity (Wildman–Crippen MR) is 79.4 cm³/mol. The first-order valence-electron chi connectivity index (χ1n) is 6.33. The van der Waals surface area contributed by atoms with Gasteiger partial charge in [-0.2, -0.15) is 0 Å². The standard InChI is InChI=1S/C14H18ClNO5/c1-5-20-11-7-10(9(15)6-8(11)12(17)18)16-13(19)21-14(2,3)4/h6-7H,5H2,1-4H3,(H,16,19)(H,17,18). The number of carbonyl (C=O) groups is 2. The van der Waals surface area contributed by atoms with Gasteiger partial charge in [-0.15, -0.1) is 0 Å². The van der Waals surface area contributed by atoms with Crippen LogP contribution in [0.4, 0.5) is 10.5 Å². The fourth-order valence-electron chi connectivity index (χ4n) is 1.50. The van der Waals surface area contributed by atoms with Crippen LogP contribution in [0.1, 0.15) is 38.1 Å². The molecule has 0 bridgehead atoms. The molecule has 21 heavy (non-hydrogen) atoms. The second kappa shape index (κ2) is 6.67. The number of nitrogens with one attached hydrogen (secondary N) is 1. The van der Waals surface area contributed by atoms with Crippen molar-refractivity contribution in [2.75, 3.05) is 11.9 Å². The lowest BCUT2D eigenvalue weighted by molar-refractivity contribution is 0.0634. The van der Waals surface area contributed by atoms with E-state index in [2.05, 4.69) is 5.32 Å². The molecular formula is C14H18ClNO5. The molecule has 1 rings (SSSR count). The van der Waals surface area contributed by atoms with Gasteiger partial charge in [0.2, 0.25) is 0 Å². The van der Waals surface area contributed by atoms with Crippen molar-refractivity contribution in [3.63, 3.8) is 0 Å². The number of anilines is 1. The lowest BCUT2D eigenvalue weighted by atomic mass is 10.1. The van der Waals surface area contributed by atoms with E-state index in [4.69, 9.17) is 26.2 Å². The maximum absolute atomic E-state index is 11.7. The molecule has 116 valence electrons. The molecule has 6 nitrogen and oxygen atoms in total. The van der Waals surface area contributed by atoms with Crippen LogP contribution in [-0.4, -0.2) is 29.4 Å². The first kappa shape index (κ1) is 17.1. The van der Waals surface area contributed by atoms with Crippen molar-refractivity contribution in [2.24, 2.45) is 0 Å². The van der Waals surface area contributed by atoms with Crippen molar-refractivity contribution in [1.82, 2.24) is 0 Å². The zero-order valence-corrected chi connectivity index (χ0v) is 13.1. The van der Waals surface area contributed by atoms with E-state index in [1.54, 1.807) is 27.7 Å². The highest BCUT2D eigenvalue weighted by Gasteiger charge is 2.20. The fraction of sp³-hybridized carbons (Fsp3) is 0.429. The van der Waals surface area contributed by atoms with E-state index < -0.39 is 17.7 Å². The summed E-state index contributed by atoms with van der Waals surface area (Å²) >= 11 is 5.97. The van der Waals surface area contributed by atoms with Crippen LogP contribution in [-0.2, 0) is 4.74 Å². The smallest absolute Gasteiger partial charge is 0.412 e. The molecule has 1 amide bonds. The maximum atomic E-state index is 11.7. The van der Waals surface area contributed by atoms with Gasteiger partial charge >= 0.3 is 12.1 Å². The molecule has 1 aromatic rings. The number of ether oxygens (including phenoxy) is 2. The summed E-state index contributed by atoms with van der Waals surface area (Å²) in [6.45, 7) is 7.20. The number of amides is 1. The third-order valence-corrected chi connectivity index (χ3v) is 2.55. The molecule has 0 radical (unpaired) electrons. The number of carboxylic acids is 1. The van der Waals surface area contributed by atoms with E-state index in [-0.39, 0.29) is 28.6 Å². The summed E-state index contributed by atoms with van der Waals surface area (Å²) in [6, 6.07) is 2.58. The first-order chi connectivity index (χ1) is 9.64. The third-order valence-electron chi connectivity index (χ3n) is 2.24. The Bertz CT molecular complexity index is 551. The molecule has 0 fully saturated rings. The number of hydrogen-bond acceptors (Lipinski definition) is 4. The summed E-state index contributed by atoms with van der Waals surface area (Å²) in [5, 5.41) is 11.6. The van der Waals surface area contributed by atoms with E-state index >= 15 is 0 Å². The average Bonchev–Trinajstić information content (AvgIpc) is 2.30. The number of carboxylic acid groups (broad SMARTS) is 1. The molecule has 0 atom stereocenters. The van der Waals surface area contributed by atoms with Crippen LogP contribution in [0.2, 0.25) is 5.02 Å². The third kappa shape index (κ3) is 5.15. The van der Waals surface area contributed by atoms with Crippen molar-refractivity contribution < 1.29 is 24.2 Å². The highest BCUT2D eigenvalue weighted by Crippen LogP contribution is 2.31. The second-order valence-corrected chi connectivity index (χ2v) is 5.60. The van der Waals surface area contributed by atoms with Gasteiger partial charge in [0.15, 0.2) is 0 Å². The zero-order chi connectivity index (χ0) is 16.2. The molecular weight excluding hydrogens is 298 g/mol. The Labute approximate surface area is 128 Å². The summed E-state index contributed by atoms with van der Waals surface area (Å²) in [7, 11) is 0. The Balaban J connectivity index is 3.05. The maximum Gasteiger partial charge on any atom is 0.412 e. The van der Waals surface area contributed by atoms with Crippen molar-refractivity contribution in [1.29, 1.82) is 0 Å². The summed E-state index contributed by atoms with van der Waals surface area (Å²) in [5.41, 5.74) is -0.503. The SMILES string of the molecule is CCOc1cc(NC(=O)OC(C)(C)C)c(Cl)cc1C(=O)O. The van der Waals surface area contributed by atoms with Gasteiger partial charge in [-0.05, 0) is 33.8 Å². The van der Waals surface area contributed by atoms with E-state index in [0.29, 0.717) is 0 Å². The Morgan fingerprint density at radius 3 is 2.43 bits per heavy atom. The van der Waals surface area contributed by atoms with Gasteiger partial charge < -0.3 is 14.6 Å². The molecule has 0 saturated heterocycles. The molecule has 0 unspecified atom stereocenters. The molecule has 0 heterocycles. The van der Waals surface area contributed by atoms with Gasteiger partial charge in [-0.1, -0.05) is 11.6 Å². The number of benzene rings is 1. The molecule has 0 aliphatic rings. The Morgan fingerprint density at radius 2 is 1.95 bits per heavy atom.